The lowest BCUT2D eigenvalue weighted by Crippen LogP contribution is -2.28. The van der Waals surface area contributed by atoms with Gasteiger partial charge in [0.2, 0.25) is 0 Å². The highest BCUT2D eigenvalue weighted by molar-refractivity contribution is 6.00. The van der Waals surface area contributed by atoms with Crippen LogP contribution in [0.1, 0.15) is 30.1 Å². The van der Waals surface area contributed by atoms with Gasteiger partial charge in [-0.3, -0.25) is 4.79 Å². The average Bonchev–Trinajstić information content (AvgIpc) is 2.42. The Morgan fingerprint density at radius 2 is 2.16 bits per heavy atom. The second-order valence-electron chi connectivity index (χ2n) is 4.14. The van der Waals surface area contributed by atoms with E-state index < -0.39 is 0 Å². The summed E-state index contributed by atoms with van der Waals surface area (Å²) in [5, 5.41) is 2.77. The van der Waals surface area contributed by atoms with Crippen LogP contribution < -0.4 is 15.8 Å². The van der Waals surface area contributed by atoms with Crippen LogP contribution in [-0.4, -0.2) is 32.8 Å². The highest BCUT2D eigenvalue weighted by Crippen LogP contribution is 2.24. The van der Waals surface area contributed by atoms with E-state index in [-0.39, 0.29) is 5.91 Å². The van der Waals surface area contributed by atoms with Crippen molar-refractivity contribution >= 4 is 11.6 Å². The Hall–Kier alpha value is -1.75. The smallest absolute Gasteiger partial charge is 0.253 e. The summed E-state index contributed by atoms with van der Waals surface area (Å²) in [4.78, 5) is 11.9. The number of nitrogens with one attached hydrogen (secondary N) is 1. The predicted molar refractivity (Wildman–Crippen MR) is 75.5 cm³/mol. The third-order valence-corrected chi connectivity index (χ3v) is 2.70. The number of nitrogens with two attached hydrogens (primary N) is 1. The number of anilines is 1. The van der Waals surface area contributed by atoms with Gasteiger partial charge in [0.1, 0.15) is 5.75 Å². The SMILES string of the molecule is CCCCOCCNC(=O)c1cccc(OC)c1N. The molecule has 1 rings (SSSR count). The van der Waals surface area contributed by atoms with Gasteiger partial charge in [-0.15, -0.1) is 0 Å². The molecule has 0 fully saturated rings. The molecule has 0 saturated carbocycles. The molecule has 0 saturated heterocycles. The Balaban J connectivity index is 2.41. The van der Waals surface area contributed by atoms with Crippen molar-refractivity contribution in [3.05, 3.63) is 23.8 Å². The third kappa shape index (κ3) is 4.79. The number of unbranched alkanes of at least 4 members (excludes halogenated alkanes) is 1. The number of benzene rings is 1. The number of rotatable bonds is 8. The van der Waals surface area contributed by atoms with Crippen LogP contribution in [0.25, 0.3) is 0 Å². The van der Waals surface area contributed by atoms with E-state index in [4.69, 9.17) is 15.2 Å². The van der Waals surface area contributed by atoms with E-state index in [1.165, 1.54) is 7.11 Å². The van der Waals surface area contributed by atoms with Crippen LogP contribution in [0.2, 0.25) is 0 Å². The molecule has 19 heavy (non-hydrogen) atoms. The van der Waals surface area contributed by atoms with Crippen LogP contribution in [0.15, 0.2) is 18.2 Å². The molecule has 0 heterocycles. The van der Waals surface area contributed by atoms with Gasteiger partial charge in [0.05, 0.1) is 25.0 Å². The van der Waals surface area contributed by atoms with Crippen LogP contribution in [-0.2, 0) is 4.74 Å². The second-order valence-corrected chi connectivity index (χ2v) is 4.14. The van der Waals surface area contributed by atoms with Gasteiger partial charge in [-0.1, -0.05) is 19.4 Å². The van der Waals surface area contributed by atoms with Gasteiger partial charge >= 0.3 is 0 Å². The minimum Gasteiger partial charge on any atom is -0.495 e. The molecular formula is C14H22N2O3. The Morgan fingerprint density at radius 1 is 1.37 bits per heavy atom. The number of amides is 1. The highest BCUT2D eigenvalue weighted by atomic mass is 16.5. The fourth-order valence-corrected chi connectivity index (χ4v) is 1.60. The fourth-order valence-electron chi connectivity index (χ4n) is 1.60. The molecule has 0 atom stereocenters. The van der Waals surface area contributed by atoms with Crippen LogP contribution >= 0.6 is 0 Å². The molecule has 0 radical (unpaired) electrons. The highest BCUT2D eigenvalue weighted by Gasteiger charge is 2.12. The summed E-state index contributed by atoms with van der Waals surface area (Å²) in [6.45, 7) is 3.82. The van der Waals surface area contributed by atoms with Crippen LogP contribution in [0, 0.1) is 0 Å². The first-order valence-corrected chi connectivity index (χ1v) is 6.49. The first kappa shape index (κ1) is 15.3. The topological polar surface area (TPSA) is 73.6 Å². The number of hydrogen-bond acceptors (Lipinski definition) is 4. The summed E-state index contributed by atoms with van der Waals surface area (Å²) < 4.78 is 10.4. The Labute approximate surface area is 114 Å². The molecule has 5 nitrogen and oxygen atoms in total. The van der Waals surface area contributed by atoms with Crippen molar-refractivity contribution in [3.63, 3.8) is 0 Å². The number of methoxy groups -OCH3 is 1. The monoisotopic (exact) mass is 266 g/mol. The number of hydrogen-bond donors (Lipinski definition) is 2. The normalized spacial score (nSPS) is 10.2. The zero-order chi connectivity index (χ0) is 14.1. The fraction of sp³-hybridized carbons (Fsp3) is 0.500. The molecule has 3 N–H and O–H groups in total. The number of ether oxygens (including phenoxy) is 2. The maximum atomic E-state index is 11.9. The lowest BCUT2D eigenvalue weighted by atomic mass is 10.1. The van der Waals surface area contributed by atoms with E-state index in [1.807, 2.05) is 0 Å². The number of nitrogen functional groups attached to an aromatic ring is 1. The minimum absolute atomic E-state index is 0.213. The lowest BCUT2D eigenvalue weighted by Gasteiger charge is -2.10. The molecule has 0 spiro atoms. The lowest BCUT2D eigenvalue weighted by molar-refractivity contribution is 0.0913. The molecule has 0 bridgehead atoms. The molecule has 0 unspecified atom stereocenters. The van der Waals surface area contributed by atoms with Crippen LogP contribution in [0.3, 0.4) is 0 Å². The first-order valence-electron chi connectivity index (χ1n) is 6.49. The van der Waals surface area contributed by atoms with Crippen molar-refractivity contribution in [1.29, 1.82) is 0 Å². The van der Waals surface area contributed by atoms with E-state index >= 15 is 0 Å². The zero-order valence-electron chi connectivity index (χ0n) is 11.6. The van der Waals surface area contributed by atoms with Gasteiger partial charge in [0, 0.05) is 13.2 Å². The van der Waals surface area contributed by atoms with Gasteiger partial charge < -0.3 is 20.5 Å². The summed E-state index contributed by atoms with van der Waals surface area (Å²) in [5.41, 5.74) is 6.63. The van der Waals surface area contributed by atoms with Crippen LogP contribution in [0.4, 0.5) is 5.69 Å². The summed E-state index contributed by atoms with van der Waals surface area (Å²) >= 11 is 0. The molecule has 106 valence electrons. The molecule has 0 aliphatic rings. The average molecular weight is 266 g/mol. The van der Waals surface area contributed by atoms with Crippen molar-refractivity contribution < 1.29 is 14.3 Å². The summed E-state index contributed by atoms with van der Waals surface area (Å²) in [6, 6.07) is 5.13. The molecule has 1 amide bonds. The molecule has 1 aromatic carbocycles. The Bertz CT molecular complexity index is 408. The number of para-hydroxylation sites is 1. The molecule has 0 aromatic heterocycles. The summed E-state index contributed by atoms with van der Waals surface area (Å²) in [5.74, 6) is 0.294. The van der Waals surface area contributed by atoms with Gasteiger partial charge in [-0.2, -0.15) is 0 Å². The van der Waals surface area contributed by atoms with Gasteiger partial charge in [0.25, 0.3) is 5.91 Å². The Kier molecular flexibility index (Phi) is 6.74. The van der Waals surface area contributed by atoms with E-state index in [2.05, 4.69) is 12.2 Å². The van der Waals surface area contributed by atoms with Gasteiger partial charge in [-0.25, -0.2) is 0 Å². The molecule has 5 heteroatoms. The van der Waals surface area contributed by atoms with Gasteiger partial charge in [-0.05, 0) is 18.6 Å². The molecule has 0 aliphatic heterocycles. The van der Waals surface area contributed by atoms with Crippen molar-refractivity contribution in [1.82, 2.24) is 5.32 Å². The summed E-state index contributed by atoms with van der Waals surface area (Å²) in [7, 11) is 1.52. The van der Waals surface area contributed by atoms with Crippen molar-refractivity contribution in [2.24, 2.45) is 0 Å². The van der Waals surface area contributed by atoms with E-state index in [0.29, 0.717) is 30.2 Å². The molecule has 0 aliphatic carbocycles. The van der Waals surface area contributed by atoms with E-state index in [9.17, 15) is 4.79 Å². The van der Waals surface area contributed by atoms with Crippen molar-refractivity contribution in [2.75, 3.05) is 32.6 Å². The third-order valence-electron chi connectivity index (χ3n) is 2.70. The molecular weight excluding hydrogens is 244 g/mol. The zero-order valence-corrected chi connectivity index (χ0v) is 11.6. The largest absolute Gasteiger partial charge is 0.495 e. The molecule has 1 aromatic rings. The quantitative estimate of drug-likeness (QED) is 0.556. The van der Waals surface area contributed by atoms with Crippen molar-refractivity contribution in [3.8, 4) is 5.75 Å². The maximum absolute atomic E-state index is 11.9. The number of carbonyl (C=O) groups is 1. The van der Waals surface area contributed by atoms with Crippen molar-refractivity contribution in [2.45, 2.75) is 19.8 Å². The summed E-state index contributed by atoms with van der Waals surface area (Å²) in [6.07, 6.45) is 2.14. The van der Waals surface area contributed by atoms with Gasteiger partial charge in [0.15, 0.2) is 0 Å². The number of carbonyl (C=O) groups excluding carboxylic acids is 1. The minimum atomic E-state index is -0.213. The Morgan fingerprint density at radius 3 is 2.84 bits per heavy atom. The second kappa shape index (κ2) is 8.37. The first-order chi connectivity index (χ1) is 9.20. The maximum Gasteiger partial charge on any atom is 0.253 e. The predicted octanol–water partition coefficient (Wildman–Crippen LogP) is 1.82. The van der Waals surface area contributed by atoms with E-state index in [1.54, 1.807) is 18.2 Å². The van der Waals surface area contributed by atoms with E-state index in [0.717, 1.165) is 19.4 Å². The van der Waals surface area contributed by atoms with Crippen LogP contribution in [0.5, 0.6) is 5.75 Å². The standard InChI is InChI=1S/C14H22N2O3/c1-3-4-9-19-10-8-16-14(17)11-6-5-7-12(18-2)13(11)15/h5-7H,3-4,8-10,15H2,1-2H3,(H,16,17).